The second kappa shape index (κ2) is 10.5. The van der Waals surface area contributed by atoms with Crippen LogP contribution >= 0.6 is 36.0 Å². The number of nitrogens with one attached hydrogen (secondary N) is 2. The van der Waals surface area contributed by atoms with E-state index in [-0.39, 0.29) is 11.0 Å². The number of aromatic amines is 1. The van der Waals surface area contributed by atoms with Crippen LogP contribution in [0, 0.1) is 0 Å². The number of halogens is 1. The quantitative estimate of drug-likeness (QED) is 0.167. The van der Waals surface area contributed by atoms with E-state index in [0.29, 0.717) is 27.0 Å². The Hall–Kier alpha value is -4.30. The lowest BCUT2D eigenvalue weighted by Gasteiger charge is -2.31. The van der Waals surface area contributed by atoms with E-state index in [0.717, 1.165) is 33.5 Å². The predicted molar refractivity (Wildman–Crippen MR) is 165 cm³/mol. The van der Waals surface area contributed by atoms with Gasteiger partial charge in [0.05, 0.1) is 11.3 Å². The highest BCUT2D eigenvalue weighted by atomic mass is 35.5. The van der Waals surface area contributed by atoms with Crippen LogP contribution in [-0.4, -0.2) is 21.0 Å². The minimum atomic E-state index is -0.354. The zero-order valence-corrected chi connectivity index (χ0v) is 22.7. The molecule has 39 heavy (non-hydrogen) atoms. The minimum absolute atomic E-state index is 0.216. The van der Waals surface area contributed by atoms with Crippen molar-refractivity contribution in [2.24, 2.45) is 0 Å². The fraction of sp³-hybridized carbons (Fsp3) is 0. The Kier molecular flexibility index (Phi) is 6.70. The van der Waals surface area contributed by atoms with Gasteiger partial charge >= 0.3 is 0 Å². The van der Waals surface area contributed by atoms with Crippen molar-refractivity contribution in [2.45, 2.75) is 0 Å². The van der Waals surface area contributed by atoms with Crippen molar-refractivity contribution in [3.63, 3.8) is 0 Å². The number of rotatable bonds is 5. The molecule has 5 nitrogen and oxygen atoms in total. The summed E-state index contributed by atoms with van der Waals surface area (Å²) in [5.74, 6) is 1.05. The zero-order valence-electron chi connectivity index (χ0n) is 20.4. The third-order valence-electron chi connectivity index (χ3n) is 6.32. The molecule has 0 aliphatic carbocycles. The Balaban J connectivity index is 1.38. The average molecular weight is 566 g/mol. The first-order valence-corrected chi connectivity index (χ1v) is 13.3. The van der Waals surface area contributed by atoms with Crippen LogP contribution in [0.3, 0.4) is 0 Å². The molecule has 0 unspecified atom stereocenters. The highest BCUT2D eigenvalue weighted by molar-refractivity contribution is 7.83. The number of anilines is 1. The van der Waals surface area contributed by atoms with Crippen LogP contribution < -0.4 is 15.0 Å². The summed E-state index contributed by atoms with van der Waals surface area (Å²) in [6.45, 7) is 0. The van der Waals surface area contributed by atoms with Crippen molar-refractivity contribution >= 4 is 74.7 Å². The molecule has 0 bridgehead atoms. The van der Waals surface area contributed by atoms with Gasteiger partial charge in [-0.25, -0.2) is 0 Å². The fourth-order valence-corrected chi connectivity index (χ4v) is 5.40. The van der Waals surface area contributed by atoms with Crippen molar-refractivity contribution in [2.75, 3.05) is 4.90 Å². The normalized spacial score (nSPS) is 14.6. The molecule has 1 aliphatic rings. The Labute approximate surface area is 240 Å². The molecule has 1 aromatic heterocycles. The number of carbonyl (C=O) groups is 1. The number of thiocarbonyl (C=S) groups is 2. The second-order valence-electron chi connectivity index (χ2n) is 8.84. The molecule has 5 aromatic rings. The molecular weight excluding hydrogens is 546 g/mol. The van der Waals surface area contributed by atoms with Crippen molar-refractivity contribution < 1.29 is 9.53 Å². The van der Waals surface area contributed by atoms with Crippen LogP contribution in [0.5, 0.6) is 11.5 Å². The van der Waals surface area contributed by atoms with Crippen molar-refractivity contribution in [1.29, 1.82) is 0 Å². The Morgan fingerprint density at radius 2 is 1.54 bits per heavy atom. The molecule has 0 spiro atoms. The largest absolute Gasteiger partial charge is 0.457 e. The number of carbonyl (C=O) groups excluding carboxylic acids is 1. The van der Waals surface area contributed by atoms with E-state index in [1.54, 1.807) is 4.90 Å². The Morgan fingerprint density at radius 1 is 0.821 bits per heavy atom. The number of para-hydroxylation sites is 2. The van der Waals surface area contributed by atoms with E-state index >= 15 is 0 Å². The minimum Gasteiger partial charge on any atom is -0.457 e. The first kappa shape index (κ1) is 25.0. The maximum Gasteiger partial charge on any atom is 0.260 e. The summed E-state index contributed by atoms with van der Waals surface area (Å²) in [5.41, 5.74) is 4.54. The first-order valence-electron chi connectivity index (χ1n) is 12.1. The summed E-state index contributed by atoms with van der Waals surface area (Å²) in [5, 5.41) is 4.58. The van der Waals surface area contributed by atoms with Crippen LogP contribution in [0.2, 0.25) is 5.02 Å². The fourth-order valence-electron chi connectivity index (χ4n) is 4.51. The van der Waals surface area contributed by atoms with E-state index in [9.17, 15) is 4.79 Å². The van der Waals surface area contributed by atoms with Crippen LogP contribution in [-0.2, 0) is 4.79 Å². The smallest absolute Gasteiger partial charge is 0.260 e. The third-order valence-corrected chi connectivity index (χ3v) is 7.25. The van der Waals surface area contributed by atoms with Crippen molar-refractivity contribution in [3.05, 3.63) is 119 Å². The Bertz CT molecular complexity index is 1780. The van der Waals surface area contributed by atoms with E-state index < -0.39 is 0 Å². The third kappa shape index (κ3) is 4.95. The first-order chi connectivity index (χ1) is 19.0. The van der Waals surface area contributed by atoms with Gasteiger partial charge in [-0.1, -0.05) is 72.3 Å². The van der Waals surface area contributed by atoms with E-state index in [1.807, 2.05) is 109 Å². The summed E-state index contributed by atoms with van der Waals surface area (Å²) >= 11 is 17.7. The monoisotopic (exact) mass is 565 g/mol. The topological polar surface area (TPSA) is 57.4 Å². The van der Waals surface area contributed by atoms with Gasteiger partial charge in [0.2, 0.25) is 0 Å². The van der Waals surface area contributed by atoms with Gasteiger partial charge in [0, 0.05) is 32.7 Å². The van der Waals surface area contributed by atoms with Crippen LogP contribution in [0.4, 0.5) is 5.69 Å². The number of H-pyrrole nitrogens is 1. The molecule has 1 aliphatic heterocycles. The summed E-state index contributed by atoms with van der Waals surface area (Å²) in [6, 6.07) is 32.4. The number of hydrogen-bond acceptors (Lipinski definition) is 4. The second-order valence-corrected chi connectivity index (χ2v) is 10.0. The number of nitrogens with zero attached hydrogens (tertiary/aromatic N) is 1. The van der Waals surface area contributed by atoms with Gasteiger partial charge in [-0.3, -0.25) is 15.0 Å². The summed E-state index contributed by atoms with van der Waals surface area (Å²) in [6.07, 6.45) is 1.81. The lowest BCUT2D eigenvalue weighted by molar-refractivity contribution is -0.115. The van der Waals surface area contributed by atoms with Gasteiger partial charge in [0.1, 0.15) is 16.5 Å². The molecule has 1 amide bonds. The van der Waals surface area contributed by atoms with Gasteiger partial charge < -0.3 is 9.72 Å². The number of benzene rings is 4. The summed E-state index contributed by atoms with van der Waals surface area (Å²) in [4.78, 5) is 18.6. The lowest BCUT2D eigenvalue weighted by atomic mass is 10.0. The molecular formula is C31H20ClN3O2S2. The molecule has 190 valence electrons. The molecule has 0 atom stereocenters. The standard InChI is InChI=1S/C31H20ClN3O2S2/c32-20-8-6-7-19(17-20)28-25(24-11-4-5-12-27(24)33-28)18-26-29(36)34-31(39)35(30(26)38)21-13-15-23(16-14-21)37-22-9-2-1-3-10-22/h1-18,33H,(H,34,36,39)/b26-18+. The maximum atomic E-state index is 13.2. The highest BCUT2D eigenvalue weighted by Gasteiger charge is 2.32. The van der Waals surface area contributed by atoms with Gasteiger partial charge in [-0.05, 0) is 72.9 Å². The molecule has 0 radical (unpaired) electrons. The molecule has 8 heteroatoms. The molecule has 1 fully saturated rings. The van der Waals surface area contributed by atoms with Crippen LogP contribution in [0.25, 0.3) is 28.2 Å². The Morgan fingerprint density at radius 3 is 2.31 bits per heavy atom. The zero-order chi connectivity index (χ0) is 26.9. The van der Waals surface area contributed by atoms with Gasteiger partial charge in [0.15, 0.2) is 5.11 Å². The van der Waals surface area contributed by atoms with E-state index in [2.05, 4.69) is 10.3 Å². The average Bonchev–Trinajstić information content (AvgIpc) is 3.31. The molecule has 4 aromatic carbocycles. The summed E-state index contributed by atoms with van der Waals surface area (Å²) < 4.78 is 5.91. The summed E-state index contributed by atoms with van der Waals surface area (Å²) in [7, 11) is 0. The molecule has 1 saturated heterocycles. The number of fused-ring (bicyclic) bond motifs is 1. The predicted octanol–water partition coefficient (Wildman–Crippen LogP) is 7.91. The van der Waals surface area contributed by atoms with Gasteiger partial charge in [-0.2, -0.15) is 0 Å². The van der Waals surface area contributed by atoms with E-state index in [1.165, 1.54) is 0 Å². The number of aromatic nitrogens is 1. The number of ether oxygens (including phenoxy) is 1. The van der Waals surface area contributed by atoms with Crippen molar-refractivity contribution in [3.8, 4) is 22.8 Å². The number of hydrogen-bond donors (Lipinski definition) is 2. The van der Waals surface area contributed by atoms with Gasteiger partial charge in [0.25, 0.3) is 5.91 Å². The van der Waals surface area contributed by atoms with E-state index in [4.69, 9.17) is 40.8 Å². The molecule has 2 heterocycles. The highest BCUT2D eigenvalue weighted by Crippen LogP contribution is 2.35. The lowest BCUT2D eigenvalue weighted by Crippen LogP contribution is -2.53. The van der Waals surface area contributed by atoms with Crippen LogP contribution in [0.1, 0.15) is 5.56 Å². The maximum absolute atomic E-state index is 13.2. The molecule has 0 saturated carbocycles. The van der Waals surface area contributed by atoms with Gasteiger partial charge in [-0.15, -0.1) is 0 Å². The van der Waals surface area contributed by atoms with Crippen LogP contribution in [0.15, 0.2) is 109 Å². The molecule has 6 rings (SSSR count). The molecule has 2 N–H and O–H groups in total. The number of amides is 1. The SMILES string of the molecule is O=C1NC(=S)N(c2ccc(Oc3ccccc3)cc2)C(=S)/C1=C/c1c(-c2cccc(Cl)c2)[nH]c2ccccc12. The van der Waals surface area contributed by atoms with Crippen molar-refractivity contribution in [1.82, 2.24) is 10.3 Å².